The Morgan fingerprint density at radius 1 is 1.29 bits per heavy atom. The number of rotatable bonds is 4. The largest absolute Gasteiger partial charge is 0.317 e. The Morgan fingerprint density at radius 3 is 2.62 bits per heavy atom. The predicted molar refractivity (Wildman–Crippen MR) is 89.2 cm³/mol. The maximum atomic E-state index is 13.0. The summed E-state index contributed by atoms with van der Waals surface area (Å²) >= 11 is 0. The molecule has 1 fully saturated rings. The molecular formula is C15H18N4O4S. The van der Waals surface area contributed by atoms with Crippen molar-refractivity contribution in [2.45, 2.75) is 23.8 Å². The molecular weight excluding hydrogens is 332 g/mol. The number of aromatic nitrogens is 1. The monoisotopic (exact) mass is 350 g/mol. The van der Waals surface area contributed by atoms with Crippen molar-refractivity contribution in [2.24, 2.45) is 0 Å². The number of nitrogens with one attached hydrogen (secondary N) is 1. The quantitative estimate of drug-likeness (QED) is 0.662. The van der Waals surface area contributed by atoms with E-state index in [0.29, 0.717) is 19.1 Å². The minimum atomic E-state index is -3.74. The number of hydrogen-bond donors (Lipinski definition) is 1. The summed E-state index contributed by atoms with van der Waals surface area (Å²) in [5.41, 5.74) is -0.00613. The normalized spacial score (nSPS) is 17.2. The smallest absolute Gasteiger partial charge is 0.278 e. The lowest BCUT2D eigenvalue weighted by Gasteiger charge is -2.31. The van der Waals surface area contributed by atoms with E-state index in [-0.39, 0.29) is 21.5 Å². The van der Waals surface area contributed by atoms with Gasteiger partial charge in [0.05, 0.1) is 15.8 Å². The number of hydrogen-bond acceptors (Lipinski definition) is 6. The lowest BCUT2D eigenvalue weighted by atomic mass is 10.1. The SMILES string of the molecule is CNC1CCN(S(=O)(=O)c2ccc([N+](=O)[O-])c3cccnc23)CC1. The number of nitrogens with zero attached hydrogens (tertiary/aromatic N) is 3. The Balaban J connectivity index is 2.06. The van der Waals surface area contributed by atoms with Crippen molar-refractivity contribution >= 4 is 26.6 Å². The standard InChI is InChI=1S/C15H18N4O4S/c1-16-11-6-9-18(10-7-11)24(22,23)14-5-4-13(19(20)21)12-3-2-8-17-15(12)14/h2-5,8,11,16H,6-7,9-10H2,1H3. The van der Waals surface area contributed by atoms with Gasteiger partial charge in [-0.25, -0.2) is 8.42 Å². The number of sulfonamides is 1. The number of pyridine rings is 1. The first-order valence-electron chi connectivity index (χ1n) is 7.64. The average Bonchev–Trinajstić information content (AvgIpc) is 2.60. The van der Waals surface area contributed by atoms with Crippen LogP contribution in [0.4, 0.5) is 5.69 Å². The summed E-state index contributed by atoms with van der Waals surface area (Å²) in [5.74, 6) is 0. The van der Waals surface area contributed by atoms with E-state index in [9.17, 15) is 18.5 Å². The number of fused-ring (bicyclic) bond motifs is 1. The van der Waals surface area contributed by atoms with Gasteiger partial charge in [-0.3, -0.25) is 15.1 Å². The summed E-state index contributed by atoms with van der Waals surface area (Å²) in [6.45, 7) is 0.832. The molecule has 0 unspecified atom stereocenters. The third-order valence-electron chi connectivity index (χ3n) is 4.39. The fourth-order valence-electron chi connectivity index (χ4n) is 3.02. The molecule has 3 rings (SSSR count). The van der Waals surface area contributed by atoms with Gasteiger partial charge in [-0.1, -0.05) is 0 Å². The lowest BCUT2D eigenvalue weighted by molar-refractivity contribution is -0.383. The van der Waals surface area contributed by atoms with E-state index >= 15 is 0 Å². The van der Waals surface area contributed by atoms with Gasteiger partial charge in [0.1, 0.15) is 4.90 Å². The fraction of sp³-hybridized carbons (Fsp3) is 0.400. The van der Waals surface area contributed by atoms with E-state index in [1.807, 2.05) is 7.05 Å². The molecule has 0 radical (unpaired) electrons. The van der Waals surface area contributed by atoms with Crippen LogP contribution >= 0.6 is 0 Å². The molecule has 2 aromatic rings. The molecule has 1 N–H and O–H groups in total. The number of nitro groups is 1. The van der Waals surface area contributed by atoms with Crippen LogP contribution in [0.25, 0.3) is 10.9 Å². The molecule has 1 aliphatic heterocycles. The van der Waals surface area contributed by atoms with Crippen LogP contribution in [0.5, 0.6) is 0 Å². The summed E-state index contributed by atoms with van der Waals surface area (Å²) in [4.78, 5) is 14.7. The first-order valence-corrected chi connectivity index (χ1v) is 9.08. The molecule has 0 bridgehead atoms. The highest BCUT2D eigenvalue weighted by Crippen LogP contribution is 2.31. The lowest BCUT2D eigenvalue weighted by Crippen LogP contribution is -2.43. The van der Waals surface area contributed by atoms with Crippen molar-refractivity contribution in [3.05, 3.63) is 40.6 Å². The molecule has 1 saturated heterocycles. The van der Waals surface area contributed by atoms with Crippen LogP contribution in [0.15, 0.2) is 35.4 Å². The Morgan fingerprint density at radius 2 is 2.00 bits per heavy atom. The van der Waals surface area contributed by atoms with E-state index in [1.165, 1.54) is 28.7 Å². The molecule has 1 aromatic heterocycles. The minimum absolute atomic E-state index is 0.0200. The van der Waals surface area contributed by atoms with E-state index in [0.717, 1.165) is 12.8 Å². The minimum Gasteiger partial charge on any atom is -0.317 e. The average molecular weight is 350 g/mol. The zero-order chi connectivity index (χ0) is 17.3. The molecule has 0 atom stereocenters. The summed E-state index contributed by atoms with van der Waals surface area (Å²) in [6, 6.07) is 5.91. The molecule has 9 heteroatoms. The summed E-state index contributed by atoms with van der Waals surface area (Å²) in [7, 11) is -1.88. The Labute approximate surface area is 139 Å². The van der Waals surface area contributed by atoms with Gasteiger partial charge in [0.25, 0.3) is 5.69 Å². The van der Waals surface area contributed by atoms with E-state index < -0.39 is 14.9 Å². The predicted octanol–water partition coefficient (Wildman–Crippen LogP) is 1.52. The first-order chi connectivity index (χ1) is 11.4. The van der Waals surface area contributed by atoms with Crippen molar-refractivity contribution in [3.8, 4) is 0 Å². The van der Waals surface area contributed by atoms with Gasteiger partial charge in [0, 0.05) is 31.4 Å². The molecule has 1 aromatic carbocycles. The number of non-ortho nitro benzene ring substituents is 1. The van der Waals surface area contributed by atoms with Gasteiger partial charge in [0.15, 0.2) is 0 Å². The number of benzene rings is 1. The van der Waals surface area contributed by atoms with Gasteiger partial charge in [-0.15, -0.1) is 0 Å². The summed E-state index contributed by atoms with van der Waals surface area (Å²) in [5, 5.41) is 14.5. The first kappa shape index (κ1) is 16.7. The molecule has 0 amide bonds. The number of piperidine rings is 1. The maximum Gasteiger partial charge on any atom is 0.278 e. The van der Waals surface area contributed by atoms with Crippen molar-refractivity contribution < 1.29 is 13.3 Å². The molecule has 0 spiro atoms. The van der Waals surface area contributed by atoms with E-state index in [4.69, 9.17) is 0 Å². The second-order valence-electron chi connectivity index (χ2n) is 5.71. The molecule has 8 nitrogen and oxygen atoms in total. The van der Waals surface area contributed by atoms with Crippen LogP contribution in [-0.2, 0) is 10.0 Å². The second-order valence-corrected chi connectivity index (χ2v) is 7.61. The van der Waals surface area contributed by atoms with Gasteiger partial charge in [-0.05, 0) is 38.1 Å². The zero-order valence-corrected chi connectivity index (χ0v) is 14.0. The van der Waals surface area contributed by atoms with Crippen molar-refractivity contribution in [3.63, 3.8) is 0 Å². The van der Waals surface area contributed by atoms with Crippen LogP contribution in [0.1, 0.15) is 12.8 Å². The van der Waals surface area contributed by atoms with Crippen LogP contribution in [0.2, 0.25) is 0 Å². The summed E-state index contributed by atoms with van der Waals surface area (Å²) < 4.78 is 27.4. The van der Waals surface area contributed by atoms with E-state index in [2.05, 4.69) is 10.3 Å². The molecule has 2 heterocycles. The van der Waals surface area contributed by atoms with Crippen LogP contribution in [0, 0.1) is 10.1 Å². The zero-order valence-electron chi connectivity index (χ0n) is 13.2. The Hall–Kier alpha value is -2.10. The van der Waals surface area contributed by atoms with Crippen LogP contribution < -0.4 is 5.32 Å². The van der Waals surface area contributed by atoms with Gasteiger partial charge in [0.2, 0.25) is 10.0 Å². The van der Waals surface area contributed by atoms with Crippen LogP contribution in [0.3, 0.4) is 0 Å². The molecule has 0 saturated carbocycles. The van der Waals surface area contributed by atoms with Gasteiger partial charge < -0.3 is 5.32 Å². The fourth-order valence-corrected chi connectivity index (χ4v) is 4.64. The highest BCUT2D eigenvalue weighted by molar-refractivity contribution is 7.89. The topological polar surface area (TPSA) is 105 Å². The molecule has 128 valence electrons. The second kappa shape index (κ2) is 6.42. The maximum absolute atomic E-state index is 13.0. The Bertz CT molecular complexity index is 876. The van der Waals surface area contributed by atoms with Crippen molar-refractivity contribution in [2.75, 3.05) is 20.1 Å². The van der Waals surface area contributed by atoms with Crippen molar-refractivity contribution in [1.82, 2.24) is 14.6 Å². The third kappa shape index (κ3) is 2.85. The number of nitro benzene ring substituents is 1. The molecule has 24 heavy (non-hydrogen) atoms. The highest BCUT2D eigenvalue weighted by Gasteiger charge is 2.31. The van der Waals surface area contributed by atoms with Gasteiger partial charge in [-0.2, -0.15) is 4.31 Å². The highest BCUT2D eigenvalue weighted by atomic mass is 32.2. The molecule has 0 aliphatic carbocycles. The van der Waals surface area contributed by atoms with Gasteiger partial charge >= 0.3 is 0 Å². The Kier molecular flexibility index (Phi) is 4.48. The van der Waals surface area contributed by atoms with Crippen molar-refractivity contribution in [1.29, 1.82) is 0 Å². The van der Waals surface area contributed by atoms with Crippen LogP contribution in [-0.4, -0.2) is 48.8 Å². The van der Waals surface area contributed by atoms with E-state index in [1.54, 1.807) is 6.07 Å². The molecule has 1 aliphatic rings. The third-order valence-corrected chi connectivity index (χ3v) is 6.32. The summed E-state index contributed by atoms with van der Waals surface area (Å²) in [6.07, 6.45) is 2.90.